The fourth-order valence-electron chi connectivity index (χ4n) is 7.17. The number of piperidine rings is 2. The van der Waals surface area contributed by atoms with Crippen LogP contribution in [0, 0.1) is 18.7 Å². The summed E-state index contributed by atoms with van der Waals surface area (Å²) < 4.78 is 19.8. The van der Waals surface area contributed by atoms with Gasteiger partial charge in [0.05, 0.1) is 35.7 Å². The van der Waals surface area contributed by atoms with E-state index in [0.29, 0.717) is 61.3 Å². The molecule has 0 aliphatic carbocycles. The van der Waals surface area contributed by atoms with Crippen LogP contribution >= 0.6 is 0 Å². The third-order valence-electron chi connectivity index (χ3n) is 11.0. The Morgan fingerprint density at radius 3 is 2.30 bits per heavy atom. The van der Waals surface area contributed by atoms with Gasteiger partial charge in [0.1, 0.15) is 29.7 Å². The van der Waals surface area contributed by atoms with Gasteiger partial charge in [-0.05, 0) is 80.5 Å². The van der Waals surface area contributed by atoms with E-state index in [0.717, 1.165) is 66.5 Å². The number of carbonyl (C=O) groups is 3. The molecule has 0 spiro atoms. The zero-order chi connectivity index (χ0) is 44.5. The van der Waals surface area contributed by atoms with Crippen LogP contribution in [-0.4, -0.2) is 67.6 Å². The van der Waals surface area contributed by atoms with Crippen molar-refractivity contribution in [3.05, 3.63) is 95.2 Å². The predicted octanol–water partition coefficient (Wildman–Crippen LogP) is 9.92. The van der Waals surface area contributed by atoms with Crippen LogP contribution in [0.25, 0.3) is 0 Å². The van der Waals surface area contributed by atoms with Gasteiger partial charge in [0.2, 0.25) is 17.7 Å². The van der Waals surface area contributed by atoms with Crippen molar-refractivity contribution in [3.8, 4) is 5.88 Å². The normalized spacial score (nSPS) is 18.3. The number of imide groups is 1. The van der Waals surface area contributed by atoms with Crippen molar-refractivity contribution >= 4 is 46.1 Å². The number of aliphatic imine (C=N–C) groups is 1. The maximum atomic E-state index is 14.2. The molecule has 1 aromatic heterocycles. The predicted molar refractivity (Wildman–Crippen MR) is 249 cm³/mol. The number of ketones is 1. The van der Waals surface area contributed by atoms with Crippen molar-refractivity contribution < 1.29 is 23.5 Å². The van der Waals surface area contributed by atoms with Crippen molar-refractivity contribution in [3.63, 3.8) is 0 Å². The van der Waals surface area contributed by atoms with Gasteiger partial charge in [0.25, 0.3) is 0 Å². The topological polar surface area (TPSA) is 128 Å². The molecule has 4 aliphatic rings. The van der Waals surface area contributed by atoms with Gasteiger partial charge in [-0.1, -0.05) is 91.2 Å². The Hall–Kier alpha value is -5.52. The third kappa shape index (κ3) is 14.0. The molecule has 3 N–H and O–H groups in total. The number of fused-ring (bicyclic) bond motifs is 1. The molecule has 5 heterocycles. The van der Waals surface area contributed by atoms with Crippen molar-refractivity contribution in [2.45, 2.75) is 113 Å². The zero-order valence-corrected chi connectivity index (χ0v) is 37.8. The van der Waals surface area contributed by atoms with Gasteiger partial charge >= 0.3 is 0 Å². The molecule has 330 valence electrons. The number of amides is 2. The summed E-state index contributed by atoms with van der Waals surface area (Å²) in [4.78, 5) is 47.9. The number of aromatic nitrogens is 1. The molecule has 3 fully saturated rings. The highest BCUT2D eigenvalue weighted by atomic mass is 19.1. The maximum Gasteiger partial charge on any atom is 0.237 e. The molecule has 1 atom stereocenters. The van der Waals surface area contributed by atoms with E-state index in [1.807, 2.05) is 35.4 Å². The maximum absolute atomic E-state index is 14.2. The Morgan fingerprint density at radius 1 is 1.02 bits per heavy atom. The molecule has 61 heavy (non-hydrogen) atoms. The Bertz CT molecular complexity index is 2020. The molecule has 3 saturated heterocycles. The Labute approximate surface area is 363 Å². The number of halogens is 1. The van der Waals surface area contributed by atoms with Crippen LogP contribution in [-0.2, 0) is 20.8 Å². The van der Waals surface area contributed by atoms with Gasteiger partial charge in [0.15, 0.2) is 0 Å². The van der Waals surface area contributed by atoms with Gasteiger partial charge in [-0.25, -0.2) is 14.4 Å². The number of ether oxygens (including phenoxy) is 1. The minimum absolute atomic E-state index is 0.153. The van der Waals surface area contributed by atoms with E-state index >= 15 is 0 Å². The number of pyridine rings is 1. The van der Waals surface area contributed by atoms with E-state index in [4.69, 9.17) is 9.73 Å². The summed E-state index contributed by atoms with van der Waals surface area (Å²) in [6.07, 6.45) is 11.4. The molecule has 2 aromatic carbocycles. The number of rotatable bonds is 10. The Balaban J connectivity index is 0.000000247. The van der Waals surface area contributed by atoms with Crippen molar-refractivity contribution in [1.29, 1.82) is 0 Å². The number of hydrogen-bond donors (Lipinski definition) is 3. The Morgan fingerprint density at radius 2 is 1.70 bits per heavy atom. The van der Waals surface area contributed by atoms with Crippen LogP contribution in [0.4, 0.5) is 27.1 Å². The lowest BCUT2D eigenvalue weighted by atomic mass is 9.90. The number of hydrogen-bond acceptors (Lipinski definition) is 10. The van der Waals surface area contributed by atoms with Crippen LogP contribution in [0.5, 0.6) is 5.88 Å². The highest BCUT2D eigenvalue weighted by molar-refractivity contribution is 6.05. The summed E-state index contributed by atoms with van der Waals surface area (Å²) in [6, 6.07) is 12.8. The first-order valence-corrected chi connectivity index (χ1v) is 22.1. The first kappa shape index (κ1) is 48.1. The van der Waals surface area contributed by atoms with E-state index < -0.39 is 5.92 Å². The molecule has 11 nitrogen and oxygen atoms in total. The first-order valence-electron chi connectivity index (χ1n) is 22.1. The average Bonchev–Trinajstić information content (AvgIpc) is 3.24. The molecular weight excluding hydrogens is 770 g/mol. The van der Waals surface area contributed by atoms with Crippen molar-refractivity contribution in [1.82, 2.24) is 10.3 Å². The van der Waals surface area contributed by atoms with Crippen molar-refractivity contribution in [2.75, 3.05) is 59.8 Å². The second-order valence-electron chi connectivity index (χ2n) is 16.1. The summed E-state index contributed by atoms with van der Waals surface area (Å²) in [7, 11) is 0. The minimum Gasteiger partial charge on any atom is -0.474 e. The number of benzene rings is 2. The number of nitrogens with zero attached hydrogens (tertiary/aromatic N) is 4. The third-order valence-corrected chi connectivity index (χ3v) is 11.0. The average molecular weight is 838 g/mol. The molecule has 0 bridgehead atoms. The van der Waals surface area contributed by atoms with Gasteiger partial charge in [-0.15, -0.1) is 0 Å². The minimum atomic E-state index is -0.424. The monoisotopic (exact) mass is 838 g/mol. The molecule has 0 radical (unpaired) electrons. The summed E-state index contributed by atoms with van der Waals surface area (Å²) in [5, 5.41) is 8.99. The van der Waals surface area contributed by atoms with E-state index in [2.05, 4.69) is 87.0 Å². The van der Waals surface area contributed by atoms with E-state index in [1.54, 1.807) is 19.1 Å². The second-order valence-corrected chi connectivity index (χ2v) is 16.1. The molecular formula is C49H68FN7O4. The molecule has 4 aliphatic heterocycles. The van der Waals surface area contributed by atoms with Crippen LogP contribution < -0.4 is 30.5 Å². The number of Topliss-reactive ketones (excluding diaryl/α,β-unsaturated/α-hetero) is 1. The molecule has 0 saturated carbocycles. The number of carbonyl (C=O) groups excluding carboxylic acids is 3. The lowest BCUT2D eigenvalue weighted by molar-refractivity contribution is -0.134. The second kappa shape index (κ2) is 24.1. The van der Waals surface area contributed by atoms with Gasteiger partial charge in [-0.3, -0.25) is 19.7 Å². The quantitative estimate of drug-likeness (QED) is 0.171. The largest absolute Gasteiger partial charge is 0.474 e. The highest BCUT2D eigenvalue weighted by Crippen LogP contribution is 2.36. The standard InChI is InChI=1S/C26H31N5O2.C15H17FN2O2.2C4H10/c1-5-21-10-12-31(24-15-28-26-25(18(24)3)27-11-13-33-26)16-23(21)30-19(4)29-22-8-6-20(7-9-22)14-17(2)32;1-9-7-18(8-9)13-4-2-10(6-12(13)16)11-3-5-14(19)17-15(11)20;2*1-3-4-2/h5-9,15,27,29H,4,10-14,16H2,1-3H3;2,4,6,9,11H,3,5,7-8H2,1H3,(H,17,19,20);2*3-4H2,1-2H3/b21-5-,30-23-;;;. The lowest BCUT2D eigenvalue weighted by Crippen LogP contribution is -2.45. The molecule has 7 rings (SSSR count). The fraction of sp³-hybridized carbons (Fsp3) is 0.490. The summed E-state index contributed by atoms with van der Waals surface area (Å²) in [6.45, 7) is 25.5. The molecule has 1 unspecified atom stereocenters. The smallest absolute Gasteiger partial charge is 0.237 e. The van der Waals surface area contributed by atoms with Crippen LogP contribution in [0.3, 0.4) is 0 Å². The van der Waals surface area contributed by atoms with Gasteiger partial charge < -0.3 is 25.2 Å². The van der Waals surface area contributed by atoms with Crippen molar-refractivity contribution in [2.24, 2.45) is 10.9 Å². The zero-order valence-electron chi connectivity index (χ0n) is 37.8. The summed E-state index contributed by atoms with van der Waals surface area (Å²) in [5.74, 6) is 0.717. The number of anilines is 4. The van der Waals surface area contributed by atoms with E-state index in [9.17, 15) is 18.8 Å². The van der Waals surface area contributed by atoms with Gasteiger partial charge in [0, 0.05) is 50.3 Å². The van der Waals surface area contributed by atoms with Crippen LogP contribution in [0.15, 0.2) is 77.7 Å². The molecule has 2 amide bonds. The van der Waals surface area contributed by atoms with E-state index in [1.165, 1.54) is 37.3 Å². The fourth-order valence-corrected chi connectivity index (χ4v) is 7.17. The van der Waals surface area contributed by atoms with E-state index in [-0.39, 0.29) is 23.4 Å². The number of unbranched alkanes of at least 4 members (excludes halogenated alkanes) is 2. The number of allylic oxidation sites excluding steroid dienone is 1. The molecule has 3 aromatic rings. The van der Waals surface area contributed by atoms with Gasteiger partial charge in [-0.2, -0.15) is 0 Å². The van der Waals surface area contributed by atoms with Crippen LogP contribution in [0.2, 0.25) is 0 Å². The summed E-state index contributed by atoms with van der Waals surface area (Å²) in [5.41, 5.74) is 8.58. The lowest BCUT2D eigenvalue weighted by Gasteiger charge is -2.39. The Kier molecular flexibility index (Phi) is 19.0. The highest BCUT2D eigenvalue weighted by Gasteiger charge is 2.30. The number of nitrogens with one attached hydrogen (secondary N) is 3. The SMILES string of the molecule is C=C(/N=C1/CN(c2cnc3c(c2C)NCCO3)CC/C1=C/C)Nc1ccc(CC(C)=O)cc1.CC1CN(c2ccc(C3CCC(=O)NC3=O)cc2F)C1.CCCC.CCCC. The molecule has 12 heteroatoms. The van der Waals surface area contributed by atoms with Crippen LogP contribution in [0.1, 0.15) is 116 Å². The first-order chi connectivity index (χ1) is 29.3. The summed E-state index contributed by atoms with van der Waals surface area (Å²) >= 11 is 0.